The third-order valence-electron chi connectivity index (χ3n) is 3.52. The first-order chi connectivity index (χ1) is 9.81. The first kappa shape index (κ1) is 16.3. The minimum atomic E-state index is -3.94. The van der Waals surface area contributed by atoms with Crippen LogP contribution in [0.5, 0.6) is 0 Å². The van der Waals surface area contributed by atoms with E-state index in [9.17, 15) is 13.2 Å². The Labute approximate surface area is 127 Å². The van der Waals surface area contributed by atoms with Crippen LogP contribution in [0.1, 0.15) is 42.0 Å². The quantitative estimate of drug-likeness (QED) is 0.621. The lowest BCUT2D eigenvalue weighted by Gasteiger charge is -2.27. The van der Waals surface area contributed by atoms with E-state index in [1.807, 2.05) is 0 Å². The Morgan fingerprint density at radius 2 is 2.05 bits per heavy atom. The second kappa shape index (κ2) is 6.37. The maximum Gasteiger partial charge on any atom is 0.374 e. The van der Waals surface area contributed by atoms with E-state index in [4.69, 9.17) is 24.6 Å². The molecule has 0 aromatic carbocycles. The Balaban J connectivity index is 2.07. The van der Waals surface area contributed by atoms with E-state index in [0.717, 1.165) is 25.3 Å². The molecule has 6 nitrogen and oxygen atoms in total. The zero-order valence-corrected chi connectivity index (χ0v) is 13.4. The molecule has 1 saturated carbocycles. The van der Waals surface area contributed by atoms with E-state index in [-0.39, 0.29) is 28.6 Å². The Morgan fingerprint density at radius 3 is 2.62 bits per heavy atom. The Morgan fingerprint density at radius 1 is 1.38 bits per heavy atom. The van der Waals surface area contributed by atoms with Gasteiger partial charge in [0, 0.05) is 30.3 Å². The highest BCUT2D eigenvalue weighted by Crippen LogP contribution is 2.27. The number of rotatable bonds is 4. The molecule has 2 unspecified atom stereocenters. The lowest BCUT2D eigenvalue weighted by atomic mass is 9.95. The molecule has 1 aliphatic rings. The van der Waals surface area contributed by atoms with Gasteiger partial charge in [0.2, 0.25) is 5.76 Å². The smallest absolute Gasteiger partial charge is 0.374 e. The fourth-order valence-corrected chi connectivity index (χ4v) is 3.53. The number of aryl methyl sites for hydroxylation is 1. The van der Waals surface area contributed by atoms with Crippen LogP contribution < -0.4 is 0 Å². The second-order valence-corrected chi connectivity index (χ2v) is 7.55. The predicted octanol–water partition coefficient (Wildman–Crippen LogP) is 2.63. The number of hydrogen-bond donors (Lipinski definition) is 0. The van der Waals surface area contributed by atoms with Gasteiger partial charge >= 0.3 is 5.97 Å². The van der Waals surface area contributed by atoms with E-state index >= 15 is 0 Å². The summed E-state index contributed by atoms with van der Waals surface area (Å²) >= 11 is 0. The van der Waals surface area contributed by atoms with Gasteiger partial charge in [-0.1, -0.05) is 0 Å². The average molecular weight is 337 g/mol. The van der Waals surface area contributed by atoms with Gasteiger partial charge in [0.1, 0.15) is 16.8 Å². The number of methoxy groups -OCH3 is 1. The highest BCUT2D eigenvalue weighted by atomic mass is 35.7. The Hall–Kier alpha value is -1.05. The molecule has 1 aromatic heterocycles. The van der Waals surface area contributed by atoms with Crippen LogP contribution in [0.4, 0.5) is 0 Å². The Bertz CT molecular complexity index is 621. The molecule has 0 bridgehead atoms. The first-order valence-corrected chi connectivity index (χ1v) is 8.91. The average Bonchev–Trinajstić information content (AvgIpc) is 2.81. The van der Waals surface area contributed by atoms with Gasteiger partial charge in [-0.15, -0.1) is 0 Å². The molecule has 1 aromatic rings. The van der Waals surface area contributed by atoms with Gasteiger partial charge in [-0.2, -0.15) is 0 Å². The number of halogens is 1. The van der Waals surface area contributed by atoms with Gasteiger partial charge in [0.15, 0.2) is 0 Å². The van der Waals surface area contributed by atoms with Crippen molar-refractivity contribution in [3.8, 4) is 0 Å². The molecule has 1 heterocycles. The lowest BCUT2D eigenvalue weighted by molar-refractivity contribution is -0.0169. The van der Waals surface area contributed by atoms with Crippen LogP contribution >= 0.6 is 10.7 Å². The molecule has 2 rings (SSSR count). The summed E-state index contributed by atoms with van der Waals surface area (Å²) in [6.45, 7) is 1.42. The van der Waals surface area contributed by atoms with E-state index < -0.39 is 15.0 Å². The first-order valence-electron chi connectivity index (χ1n) is 6.60. The zero-order valence-electron chi connectivity index (χ0n) is 11.8. The standard InChI is InChI=1S/C13H17ClO6S/c1-8-12(21(14,16)17)7-11(19-8)13(15)20-10-5-3-4-9(6-10)18-2/h7,9-10H,3-6H2,1-2H3. The van der Waals surface area contributed by atoms with Gasteiger partial charge in [-0.3, -0.25) is 0 Å². The molecular formula is C13H17ClO6S. The summed E-state index contributed by atoms with van der Waals surface area (Å²) in [5, 5.41) is 0. The van der Waals surface area contributed by atoms with Gasteiger partial charge in [-0.05, 0) is 26.2 Å². The molecule has 118 valence electrons. The molecule has 21 heavy (non-hydrogen) atoms. The summed E-state index contributed by atoms with van der Waals surface area (Å²) in [7, 11) is 2.94. The van der Waals surface area contributed by atoms with Gasteiger partial charge in [0.25, 0.3) is 9.05 Å². The van der Waals surface area contributed by atoms with Crippen LogP contribution in [-0.4, -0.2) is 33.7 Å². The summed E-state index contributed by atoms with van der Waals surface area (Å²) in [5.41, 5.74) is 0. The highest BCUT2D eigenvalue weighted by Gasteiger charge is 2.28. The lowest BCUT2D eigenvalue weighted by Crippen LogP contribution is -2.29. The summed E-state index contributed by atoms with van der Waals surface area (Å²) in [6.07, 6.45) is 3.06. The van der Waals surface area contributed by atoms with Gasteiger partial charge in [0.05, 0.1) is 6.10 Å². The van der Waals surface area contributed by atoms with Crippen molar-refractivity contribution in [1.82, 2.24) is 0 Å². The van der Waals surface area contributed by atoms with Crippen molar-refractivity contribution in [1.29, 1.82) is 0 Å². The molecule has 0 N–H and O–H groups in total. The van der Waals surface area contributed by atoms with E-state index in [2.05, 4.69) is 0 Å². The van der Waals surface area contributed by atoms with Crippen molar-refractivity contribution in [2.75, 3.05) is 7.11 Å². The second-order valence-electron chi connectivity index (χ2n) is 5.02. The van der Waals surface area contributed by atoms with Crippen molar-refractivity contribution in [3.63, 3.8) is 0 Å². The number of ether oxygens (including phenoxy) is 2. The maximum atomic E-state index is 12.0. The van der Waals surface area contributed by atoms with Crippen molar-refractivity contribution in [2.45, 2.75) is 49.7 Å². The molecule has 0 saturated heterocycles. The summed E-state index contributed by atoms with van der Waals surface area (Å²) in [4.78, 5) is 11.8. The van der Waals surface area contributed by atoms with E-state index in [1.165, 1.54) is 6.92 Å². The zero-order chi connectivity index (χ0) is 15.6. The molecule has 0 amide bonds. The minimum absolute atomic E-state index is 0.0652. The summed E-state index contributed by atoms with van der Waals surface area (Å²) < 4.78 is 38.3. The fraction of sp³-hybridized carbons (Fsp3) is 0.615. The number of esters is 1. The van der Waals surface area contributed by atoms with Crippen molar-refractivity contribution >= 4 is 25.7 Å². The van der Waals surface area contributed by atoms with Gasteiger partial charge < -0.3 is 13.9 Å². The molecule has 2 atom stereocenters. The van der Waals surface area contributed by atoms with E-state index in [1.54, 1.807) is 7.11 Å². The molecule has 1 aliphatic carbocycles. The van der Waals surface area contributed by atoms with Crippen molar-refractivity contribution < 1.29 is 27.1 Å². The van der Waals surface area contributed by atoms with Crippen LogP contribution in [0.25, 0.3) is 0 Å². The van der Waals surface area contributed by atoms with Crippen LogP contribution in [-0.2, 0) is 18.5 Å². The molecule has 0 radical (unpaired) electrons. The molecular weight excluding hydrogens is 320 g/mol. The molecule has 0 spiro atoms. The van der Waals surface area contributed by atoms with Crippen LogP contribution in [0.2, 0.25) is 0 Å². The molecule has 8 heteroatoms. The SMILES string of the molecule is COC1CCCC(OC(=O)c2cc(S(=O)(=O)Cl)c(C)o2)C1. The number of furan rings is 1. The summed E-state index contributed by atoms with van der Waals surface area (Å²) in [5.74, 6) is -0.784. The largest absolute Gasteiger partial charge is 0.456 e. The Kier molecular flexibility index (Phi) is 4.95. The fourth-order valence-electron chi connectivity index (χ4n) is 2.44. The predicted molar refractivity (Wildman–Crippen MR) is 75.0 cm³/mol. The topological polar surface area (TPSA) is 82.8 Å². The van der Waals surface area contributed by atoms with Gasteiger partial charge in [-0.25, -0.2) is 13.2 Å². The molecule has 1 fully saturated rings. The van der Waals surface area contributed by atoms with E-state index in [0.29, 0.717) is 6.42 Å². The number of hydrogen-bond acceptors (Lipinski definition) is 6. The highest BCUT2D eigenvalue weighted by molar-refractivity contribution is 8.13. The minimum Gasteiger partial charge on any atom is -0.456 e. The third kappa shape index (κ3) is 3.99. The molecule has 0 aliphatic heterocycles. The normalized spacial score (nSPS) is 23.0. The van der Waals surface area contributed by atoms with Crippen molar-refractivity contribution in [2.24, 2.45) is 0 Å². The number of carbonyl (C=O) groups is 1. The van der Waals surface area contributed by atoms with Crippen LogP contribution in [0.15, 0.2) is 15.4 Å². The maximum absolute atomic E-state index is 12.0. The number of carbonyl (C=O) groups excluding carboxylic acids is 1. The van der Waals surface area contributed by atoms with Crippen LogP contribution in [0.3, 0.4) is 0 Å². The van der Waals surface area contributed by atoms with Crippen LogP contribution in [0, 0.1) is 6.92 Å². The summed E-state index contributed by atoms with van der Waals surface area (Å²) in [6, 6.07) is 1.09. The van der Waals surface area contributed by atoms with Crippen molar-refractivity contribution in [3.05, 3.63) is 17.6 Å². The third-order valence-corrected chi connectivity index (χ3v) is 4.95. The monoisotopic (exact) mass is 336 g/mol.